The van der Waals surface area contributed by atoms with Crippen molar-refractivity contribution in [3.63, 3.8) is 0 Å². The van der Waals surface area contributed by atoms with Gasteiger partial charge in [0.15, 0.2) is 23.7 Å². The molecule has 0 spiro atoms. The van der Waals surface area contributed by atoms with E-state index in [2.05, 4.69) is 10.2 Å². The fraction of sp³-hybridized carbons (Fsp3) is 0.0625. The van der Waals surface area contributed by atoms with E-state index in [9.17, 15) is 13.1 Å². The van der Waals surface area contributed by atoms with Crippen LogP contribution in [-0.2, 0) is 6.42 Å². The second-order valence-electron chi connectivity index (χ2n) is 5.25. The summed E-state index contributed by atoms with van der Waals surface area (Å²) < 4.78 is 32.9. The fourth-order valence-corrected chi connectivity index (χ4v) is 2.88. The molecule has 0 radical (unpaired) electrons. The molecular formula is C16H10F2N4O2S. The molecule has 0 N–H and O–H groups in total. The predicted octanol–water partition coefficient (Wildman–Crippen LogP) is 3.29. The summed E-state index contributed by atoms with van der Waals surface area (Å²) in [6.07, 6.45) is 1.67. The van der Waals surface area contributed by atoms with Crippen molar-refractivity contribution in [3.05, 3.63) is 76.3 Å². The second kappa shape index (κ2) is 6.17. The fourth-order valence-electron chi connectivity index (χ4n) is 2.54. The van der Waals surface area contributed by atoms with Gasteiger partial charge in [-0.05, 0) is 23.8 Å². The Labute approximate surface area is 144 Å². The Hall–Kier alpha value is -2.94. The van der Waals surface area contributed by atoms with Crippen molar-refractivity contribution >= 4 is 23.4 Å². The summed E-state index contributed by atoms with van der Waals surface area (Å²) in [6.45, 7) is 0. The van der Waals surface area contributed by atoms with Gasteiger partial charge in [-0.15, -0.1) is 3.89 Å². The van der Waals surface area contributed by atoms with E-state index in [1.54, 1.807) is 0 Å². The molecule has 0 aliphatic carbocycles. The predicted molar refractivity (Wildman–Crippen MR) is 88.7 cm³/mol. The lowest BCUT2D eigenvalue weighted by atomic mass is 10.1. The van der Waals surface area contributed by atoms with Gasteiger partial charge >= 0.3 is 5.76 Å². The van der Waals surface area contributed by atoms with Crippen LogP contribution in [0.2, 0.25) is 0 Å². The van der Waals surface area contributed by atoms with E-state index in [-0.39, 0.29) is 23.1 Å². The van der Waals surface area contributed by atoms with Crippen molar-refractivity contribution in [1.29, 1.82) is 0 Å². The quantitative estimate of drug-likeness (QED) is 0.559. The number of oxazole rings is 1. The van der Waals surface area contributed by atoms with Crippen molar-refractivity contribution < 1.29 is 12.7 Å². The Morgan fingerprint density at radius 3 is 2.72 bits per heavy atom. The minimum absolute atomic E-state index is 0.00987. The molecule has 9 heteroatoms. The lowest BCUT2D eigenvalue weighted by molar-refractivity contribution is 0.548. The smallest absolute Gasteiger partial charge is 0.407 e. The van der Waals surface area contributed by atoms with Gasteiger partial charge in [-0.3, -0.25) is 0 Å². The minimum atomic E-state index is -0.964. The van der Waals surface area contributed by atoms with Gasteiger partial charge in [-0.2, -0.15) is 19.0 Å². The number of hydrogen-bond donors (Lipinski definition) is 0. The Bertz CT molecular complexity index is 1100. The molecular weight excluding hydrogens is 350 g/mol. The highest BCUT2D eigenvalue weighted by molar-refractivity contribution is 7.92. The molecule has 0 saturated heterocycles. The van der Waals surface area contributed by atoms with Crippen LogP contribution >= 0.6 is 12.3 Å². The first-order valence-corrected chi connectivity index (χ1v) is 7.93. The van der Waals surface area contributed by atoms with Crippen molar-refractivity contribution in [2.24, 2.45) is 0 Å². The zero-order valence-electron chi connectivity index (χ0n) is 12.6. The van der Waals surface area contributed by atoms with Crippen LogP contribution < -0.4 is 5.76 Å². The maximum Gasteiger partial charge on any atom is 0.432 e. The van der Waals surface area contributed by atoms with Crippen LogP contribution in [0.4, 0.5) is 8.28 Å². The maximum atomic E-state index is 14.7. The first-order valence-electron chi connectivity index (χ1n) is 7.26. The zero-order valence-corrected chi connectivity index (χ0v) is 13.4. The van der Waals surface area contributed by atoms with Gasteiger partial charge < -0.3 is 4.42 Å². The van der Waals surface area contributed by atoms with E-state index < -0.39 is 23.9 Å². The van der Waals surface area contributed by atoms with Gasteiger partial charge in [-0.1, -0.05) is 24.3 Å². The third-order valence-electron chi connectivity index (χ3n) is 3.69. The second-order valence-corrected chi connectivity index (χ2v) is 5.76. The molecule has 0 aliphatic heterocycles. The van der Waals surface area contributed by atoms with Crippen molar-refractivity contribution in [2.75, 3.05) is 0 Å². The lowest BCUT2D eigenvalue weighted by Crippen LogP contribution is -2.07. The van der Waals surface area contributed by atoms with Gasteiger partial charge in [0.2, 0.25) is 0 Å². The Kier molecular flexibility index (Phi) is 3.85. The zero-order chi connectivity index (χ0) is 17.4. The largest absolute Gasteiger partial charge is 0.432 e. The number of rotatable bonds is 4. The van der Waals surface area contributed by atoms with Gasteiger partial charge in [0.1, 0.15) is 5.52 Å². The number of nitrogens with zero attached hydrogens (tertiary/aromatic N) is 4. The normalized spacial score (nSPS) is 11.3. The van der Waals surface area contributed by atoms with Gasteiger partial charge in [0.05, 0.1) is 17.6 Å². The molecule has 25 heavy (non-hydrogen) atoms. The molecule has 0 fully saturated rings. The average molecular weight is 360 g/mol. The van der Waals surface area contributed by atoms with Gasteiger partial charge in [0, 0.05) is 6.42 Å². The third kappa shape index (κ3) is 2.72. The number of benzene rings is 2. The van der Waals surface area contributed by atoms with E-state index in [0.29, 0.717) is 9.67 Å². The Balaban J connectivity index is 1.71. The molecule has 126 valence electrons. The molecule has 2 aromatic carbocycles. The summed E-state index contributed by atoms with van der Waals surface area (Å²) in [5.74, 6) is -1.68. The van der Waals surface area contributed by atoms with E-state index in [4.69, 9.17) is 4.42 Å². The Morgan fingerprint density at radius 2 is 1.96 bits per heavy atom. The van der Waals surface area contributed by atoms with Crippen LogP contribution in [-0.4, -0.2) is 19.0 Å². The average Bonchev–Trinajstić information content (AvgIpc) is 3.22. The summed E-state index contributed by atoms with van der Waals surface area (Å²) in [6, 6.07) is 12.2. The molecule has 0 bridgehead atoms. The number of aromatic nitrogens is 4. The summed E-state index contributed by atoms with van der Waals surface area (Å²) >= 11 is -0.400. The SMILES string of the molecule is O=c1oc2ccc(Cc3cnn(-c4ccccc4)n3)c(F)c2n1SF. The molecule has 4 rings (SSSR count). The minimum Gasteiger partial charge on any atom is -0.407 e. The van der Waals surface area contributed by atoms with E-state index in [0.717, 1.165) is 5.69 Å². The number of halogens is 2. The number of para-hydroxylation sites is 1. The molecule has 4 aromatic rings. The highest BCUT2D eigenvalue weighted by Crippen LogP contribution is 2.25. The molecule has 0 aliphatic rings. The molecule has 0 unspecified atom stereocenters. The van der Waals surface area contributed by atoms with Crippen molar-refractivity contribution in [3.8, 4) is 5.69 Å². The summed E-state index contributed by atoms with van der Waals surface area (Å²) in [7, 11) is 0. The lowest BCUT2D eigenvalue weighted by Gasteiger charge is -2.02. The van der Waals surface area contributed by atoms with Crippen LogP contribution in [0.3, 0.4) is 0 Å². The summed E-state index contributed by atoms with van der Waals surface area (Å²) in [5, 5.41) is 8.47. The topological polar surface area (TPSA) is 65.8 Å². The van der Waals surface area contributed by atoms with E-state index in [1.165, 1.54) is 23.1 Å². The van der Waals surface area contributed by atoms with Crippen LogP contribution in [0.25, 0.3) is 16.8 Å². The highest BCUT2D eigenvalue weighted by atomic mass is 32.2. The van der Waals surface area contributed by atoms with E-state index in [1.807, 2.05) is 30.3 Å². The maximum absolute atomic E-state index is 14.7. The van der Waals surface area contributed by atoms with Crippen molar-refractivity contribution in [1.82, 2.24) is 19.0 Å². The Morgan fingerprint density at radius 1 is 1.16 bits per heavy atom. The molecule has 0 atom stereocenters. The standard InChI is InChI=1S/C16H10F2N4O2S/c17-14-10(6-7-13-15(14)21(25-18)16(23)24-13)8-11-9-19-22(20-11)12-4-2-1-3-5-12/h1-7,9H,8H2. The third-order valence-corrected chi connectivity index (χ3v) is 4.16. The first kappa shape index (κ1) is 15.6. The molecule has 0 amide bonds. The number of hydrogen-bond acceptors (Lipinski definition) is 5. The van der Waals surface area contributed by atoms with Crippen LogP contribution in [0.1, 0.15) is 11.3 Å². The molecule has 6 nitrogen and oxygen atoms in total. The van der Waals surface area contributed by atoms with Crippen LogP contribution in [0.15, 0.2) is 57.9 Å². The summed E-state index contributed by atoms with van der Waals surface area (Å²) in [5.41, 5.74) is 1.35. The van der Waals surface area contributed by atoms with E-state index >= 15 is 0 Å². The first-order chi connectivity index (χ1) is 12.2. The van der Waals surface area contributed by atoms with Gasteiger partial charge in [0.25, 0.3) is 0 Å². The van der Waals surface area contributed by atoms with Gasteiger partial charge in [-0.25, -0.2) is 9.18 Å². The molecule has 2 aromatic heterocycles. The molecule has 2 heterocycles. The summed E-state index contributed by atoms with van der Waals surface area (Å²) in [4.78, 5) is 12.9. The monoisotopic (exact) mass is 360 g/mol. The highest BCUT2D eigenvalue weighted by Gasteiger charge is 2.18. The van der Waals surface area contributed by atoms with Crippen molar-refractivity contribution in [2.45, 2.75) is 6.42 Å². The number of fused-ring (bicyclic) bond motifs is 1. The van der Waals surface area contributed by atoms with Crippen LogP contribution in [0, 0.1) is 5.82 Å². The van der Waals surface area contributed by atoms with Crippen LogP contribution in [0.5, 0.6) is 0 Å². The molecule has 0 saturated carbocycles.